The molecule has 18 heavy (non-hydrogen) atoms. The molecule has 0 fully saturated rings. The molecule has 1 aromatic carbocycles. The number of carboxylic acids is 1. The van der Waals surface area contributed by atoms with E-state index < -0.39 is 30.3 Å². The smallest absolute Gasteiger partial charge is 0.406 e. The van der Waals surface area contributed by atoms with Crippen molar-refractivity contribution in [1.29, 1.82) is 0 Å². The predicted molar refractivity (Wildman–Crippen MR) is 52.7 cm³/mol. The van der Waals surface area contributed by atoms with Gasteiger partial charge in [0.05, 0.1) is 5.52 Å². The lowest BCUT2D eigenvalue weighted by molar-refractivity contribution is -0.140. The number of aromatic carboxylic acids is 1. The molecular formula is C10H6F4N2O2. The molecule has 0 aliphatic rings. The van der Waals surface area contributed by atoms with Crippen LogP contribution in [-0.2, 0) is 6.54 Å². The Morgan fingerprint density at radius 3 is 2.61 bits per heavy atom. The molecule has 0 bridgehead atoms. The van der Waals surface area contributed by atoms with Gasteiger partial charge in [-0.3, -0.25) is 0 Å². The molecule has 1 N–H and O–H groups in total. The average molecular weight is 262 g/mol. The molecule has 0 unspecified atom stereocenters. The Kier molecular flexibility index (Phi) is 2.72. The summed E-state index contributed by atoms with van der Waals surface area (Å²) in [7, 11) is 0. The Morgan fingerprint density at radius 1 is 1.39 bits per heavy atom. The van der Waals surface area contributed by atoms with E-state index in [4.69, 9.17) is 5.11 Å². The largest absolute Gasteiger partial charge is 0.475 e. The summed E-state index contributed by atoms with van der Waals surface area (Å²) in [6, 6.07) is 3.38. The number of aromatic nitrogens is 2. The quantitative estimate of drug-likeness (QED) is 0.846. The van der Waals surface area contributed by atoms with Crippen molar-refractivity contribution >= 4 is 17.0 Å². The number of carbonyl (C=O) groups is 1. The van der Waals surface area contributed by atoms with Gasteiger partial charge in [0.1, 0.15) is 12.1 Å². The lowest BCUT2D eigenvalue weighted by Gasteiger charge is -2.09. The number of fused-ring (bicyclic) bond motifs is 1. The minimum atomic E-state index is -4.62. The zero-order valence-electron chi connectivity index (χ0n) is 8.70. The van der Waals surface area contributed by atoms with Crippen LogP contribution < -0.4 is 0 Å². The van der Waals surface area contributed by atoms with E-state index in [0.29, 0.717) is 4.57 Å². The van der Waals surface area contributed by atoms with Gasteiger partial charge in [0.2, 0.25) is 5.82 Å². The molecule has 0 saturated carbocycles. The number of hydrogen-bond donors (Lipinski definition) is 1. The number of alkyl halides is 3. The van der Waals surface area contributed by atoms with Crippen LogP contribution in [0.5, 0.6) is 0 Å². The summed E-state index contributed by atoms with van der Waals surface area (Å²) in [6.45, 7) is -1.53. The monoisotopic (exact) mass is 262 g/mol. The van der Waals surface area contributed by atoms with Gasteiger partial charge >= 0.3 is 12.1 Å². The number of carboxylic acid groups (broad SMARTS) is 1. The number of hydrogen-bond acceptors (Lipinski definition) is 2. The van der Waals surface area contributed by atoms with Crippen molar-refractivity contribution in [3.05, 3.63) is 29.8 Å². The Labute approximate surface area is 97.5 Å². The van der Waals surface area contributed by atoms with Crippen LogP contribution >= 0.6 is 0 Å². The molecule has 0 aliphatic carbocycles. The molecule has 8 heteroatoms. The van der Waals surface area contributed by atoms with Crippen molar-refractivity contribution in [1.82, 2.24) is 9.55 Å². The van der Waals surface area contributed by atoms with Gasteiger partial charge in [-0.05, 0) is 12.1 Å². The normalized spacial score (nSPS) is 12.0. The molecule has 0 radical (unpaired) electrons. The van der Waals surface area contributed by atoms with E-state index in [1.165, 1.54) is 12.1 Å². The van der Waals surface area contributed by atoms with Gasteiger partial charge in [0.15, 0.2) is 5.82 Å². The van der Waals surface area contributed by atoms with E-state index in [9.17, 15) is 22.4 Å². The first-order valence-corrected chi connectivity index (χ1v) is 4.74. The molecule has 0 spiro atoms. The minimum Gasteiger partial charge on any atom is -0.475 e. The van der Waals surface area contributed by atoms with E-state index >= 15 is 0 Å². The van der Waals surface area contributed by atoms with Crippen LogP contribution in [0.2, 0.25) is 0 Å². The number of benzene rings is 1. The second-order valence-electron chi connectivity index (χ2n) is 3.55. The molecule has 0 saturated heterocycles. The van der Waals surface area contributed by atoms with Gasteiger partial charge in [0, 0.05) is 0 Å². The van der Waals surface area contributed by atoms with Gasteiger partial charge in [-0.15, -0.1) is 0 Å². The standard InChI is InChI=1S/C10H6F4N2O2/c11-5-2-1-3-6-7(5)15-8(9(17)18)16(6)4-10(12,13)14/h1-3H,4H2,(H,17,18). The first-order valence-electron chi connectivity index (χ1n) is 4.74. The lowest BCUT2D eigenvalue weighted by atomic mass is 10.3. The third-order valence-corrected chi connectivity index (χ3v) is 2.26. The van der Waals surface area contributed by atoms with Gasteiger partial charge in [0.25, 0.3) is 0 Å². The van der Waals surface area contributed by atoms with Crippen LogP contribution in [0.3, 0.4) is 0 Å². The number of imidazole rings is 1. The Hall–Kier alpha value is -2.12. The van der Waals surface area contributed by atoms with E-state index in [1.54, 1.807) is 0 Å². The van der Waals surface area contributed by atoms with Gasteiger partial charge < -0.3 is 9.67 Å². The fraction of sp³-hybridized carbons (Fsp3) is 0.200. The summed E-state index contributed by atoms with van der Waals surface area (Å²) in [5.41, 5.74) is -0.594. The van der Waals surface area contributed by atoms with Crippen LogP contribution in [0.4, 0.5) is 17.6 Å². The maximum absolute atomic E-state index is 13.3. The third-order valence-electron chi connectivity index (χ3n) is 2.26. The fourth-order valence-electron chi connectivity index (χ4n) is 1.62. The summed E-state index contributed by atoms with van der Waals surface area (Å²) in [5, 5.41) is 8.78. The van der Waals surface area contributed by atoms with Gasteiger partial charge in [-0.25, -0.2) is 14.2 Å². The zero-order valence-corrected chi connectivity index (χ0v) is 8.70. The van der Waals surface area contributed by atoms with E-state index in [0.717, 1.165) is 6.07 Å². The maximum atomic E-state index is 13.3. The molecule has 2 aromatic rings. The zero-order chi connectivity index (χ0) is 13.5. The van der Waals surface area contributed by atoms with Crippen molar-refractivity contribution in [3.63, 3.8) is 0 Å². The molecule has 0 amide bonds. The van der Waals surface area contributed by atoms with Crippen LogP contribution in [-0.4, -0.2) is 26.8 Å². The van der Waals surface area contributed by atoms with Crippen molar-refractivity contribution in [2.45, 2.75) is 12.7 Å². The SMILES string of the molecule is O=C(O)c1nc2c(F)cccc2n1CC(F)(F)F. The van der Waals surface area contributed by atoms with Crippen LogP contribution in [0, 0.1) is 5.82 Å². The summed E-state index contributed by atoms with van der Waals surface area (Å²) < 4.78 is 50.8. The highest BCUT2D eigenvalue weighted by Crippen LogP contribution is 2.24. The second kappa shape index (κ2) is 3.97. The van der Waals surface area contributed by atoms with Crippen molar-refractivity contribution in [3.8, 4) is 0 Å². The third kappa shape index (κ3) is 2.13. The molecular weight excluding hydrogens is 256 g/mol. The fourth-order valence-corrected chi connectivity index (χ4v) is 1.62. The topological polar surface area (TPSA) is 55.1 Å². The Balaban J connectivity index is 2.71. The second-order valence-corrected chi connectivity index (χ2v) is 3.55. The van der Waals surface area contributed by atoms with Crippen LogP contribution in [0.25, 0.3) is 11.0 Å². The Morgan fingerprint density at radius 2 is 2.06 bits per heavy atom. The summed E-state index contributed by atoms with van der Waals surface area (Å²) in [4.78, 5) is 14.2. The summed E-state index contributed by atoms with van der Waals surface area (Å²) in [5.74, 6) is -3.35. The molecule has 1 aromatic heterocycles. The maximum Gasteiger partial charge on any atom is 0.406 e. The number of para-hydroxylation sites is 1. The highest BCUT2D eigenvalue weighted by Gasteiger charge is 2.32. The Bertz CT molecular complexity index is 618. The van der Waals surface area contributed by atoms with Crippen molar-refractivity contribution in [2.75, 3.05) is 0 Å². The molecule has 96 valence electrons. The number of nitrogens with zero attached hydrogens (tertiary/aromatic N) is 2. The van der Waals surface area contributed by atoms with E-state index in [2.05, 4.69) is 4.98 Å². The first-order chi connectivity index (χ1) is 8.29. The average Bonchev–Trinajstić information content (AvgIpc) is 2.57. The highest BCUT2D eigenvalue weighted by molar-refractivity contribution is 5.90. The first kappa shape index (κ1) is 12.3. The van der Waals surface area contributed by atoms with E-state index in [1.807, 2.05) is 0 Å². The lowest BCUT2D eigenvalue weighted by Crippen LogP contribution is -2.21. The molecule has 0 atom stereocenters. The molecule has 1 heterocycles. The highest BCUT2D eigenvalue weighted by atomic mass is 19.4. The number of rotatable bonds is 2. The molecule has 0 aliphatic heterocycles. The van der Waals surface area contributed by atoms with E-state index in [-0.39, 0.29) is 11.0 Å². The van der Waals surface area contributed by atoms with Gasteiger partial charge in [-0.2, -0.15) is 13.2 Å². The summed E-state index contributed by atoms with van der Waals surface area (Å²) in [6.07, 6.45) is -4.62. The predicted octanol–water partition coefficient (Wildman–Crippen LogP) is 2.44. The van der Waals surface area contributed by atoms with Crippen LogP contribution in [0.15, 0.2) is 18.2 Å². The summed E-state index contributed by atoms with van der Waals surface area (Å²) >= 11 is 0. The van der Waals surface area contributed by atoms with Gasteiger partial charge in [-0.1, -0.05) is 6.07 Å². The molecule has 4 nitrogen and oxygen atoms in total. The minimum absolute atomic E-state index is 0.204. The number of halogens is 4. The van der Waals surface area contributed by atoms with Crippen molar-refractivity contribution in [2.24, 2.45) is 0 Å². The van der Waals surface area contributed by atoms with Crippen molar-refractivity contribution < 1.29 is 27.5 Å². The molecule has 2 rings (SSSR count). The van der Waals surface area contributed by atoms with Crippen LogP contribution in [0.1, 0.15) is 10.6 Å².